The normalized spacial score (nSPS) is 19.6. The van der Waals surface area contributed by atoms with E-state index in [4.69, 9.17) is 5.14 Å². The number of hydrogen-bond donors (Lipinski definition) is 2. The molecule has 1 aromatic rings. The van der Waals surface area contributed by atoms with Gasteiger partial charge in [0.15, 0.2) is 5.96 Å². The molecular weight excluding hydrogens is 344 g/mol. The molecule has 0 saturated carbocycles. The fraction of sp³-hybridized carbons (Fsp3) is 0.562. The van der Waals surface area contributed by atoms with Crippen LogP contribution in [0.2, 0.25) is 0 Å². The number of benzene rings is 1. The maximum atomic E-state index is 11.3. The summed E-state index contributed by atoms with van der Waals surface area (Å²) in [4.78, 5) is 6.80. The van der Waals surface area contributed by atoms with E-state index in [1.165, 1.54) is 12.1 Å². The second-order valence-corrected chi connectivity index (χ2v) is 9.10. The molecule has 8 heteroatoms. The highest BCUT2D eigenvalue weighted by atomic mass is 32.2. The van der Waals surface area contributed by atoms with E-state index in [1.807, 2.05) is 11.8 Å². The van der Waals surface area contributed by atoms with E-state index in [0.717, 1.165) is 30.4 Å². The molecule has 0 radical (unpaired) electrons. The van der Waals surface area contributed by atoms with Gasteiger partial charge in [-0.2, -0.15) is 11.8 Å². The lowest BCUT2D eigenvalue weighted by molar-refractivity contribution is 0.380. The van der Waals surface area contributed by atoms with Crippen LogP contribution in [0, 0.1) is 5.92 Å². The average molecular weight is 371 g/mol. The number of sulfonamides is 1. The minimum atomic E-state index is -3.64. The van der Waals surface area contributed by atoms with Crippen molar-refractivity contribution in [1.82, 2.24) is 10.2 Å². The summed E-state index contributed by atoms with van der Waals surface area (Å²) in [5.74, 6) is 2.63. The molecule has 1 aliphatic heterocycles. The van der Waals surface area contributed by atoms with Crippen molar-refractivity contribution in [2.75, 3.05) is 25.9 Å². The number of nitrogens with two attached hydrogens (primary N) is 1. The van der Waals surface area contributed by atoms with Crippen LogP contribution in [0.5, 0.6) is 0 Å². The third-order valence-electron chi connectivity index (χ3n) is 4.05. The number of primary sulfonamides is 1. The molecule has 0 aromatic heterocycles. The van der Waals surface area contributed by atoms with E-state index in [2.05, 4.69) is 29.1 Å². The standard InChI is InChI=1S/C16H26N4O2S2/c1-12(2)15-11-20(8-9-23-15)16(18-3)19-10-13-4-6-14(7-5-13)24(17,21)22/h4-7,12,15H,8-11H2,1-3H3,(H,18,19)(H2,17,21,22). The van der Waals surface area contributed by atoms with E-state index in [1.54, 1.807) is 19.2 Å². The molecular formula is C16H26N4O2S2. The predicted molar refractivity (Wildman–Crippen MR) is 101 cm³/mol. The lowest BCUT2D eigenvalue weighted by Gasteiger charge is -2.36. The molecule has 6 nitrogen and oxygen atoms in total. The van der Waals surface area contributed by atoms with Crippen LogP contribution in [0.3, 0.4) is 0 Å². The van der Waals surface area contributed by atoms with Crippen molar-refractivity contribution in [1.29, 1.82) is 0 Å². The van der Waals surface area contributed by atoms with Crippen LogP contribution < -0.4 is 10.5 Å². The fourth-order valence-electron chi connectivity index (χ4n) is 2.58. The van der Waals surface area contributed by atoms with Crippen molar-refractivity contribution >= 4 is 27.7 Å². The highest BCUT2D eigenvalue weighted by Gasteiger charge is 2.24. The maximum absolute atomic E-state index is 11.3. The van der Waals surface area contributed by atoms with Crippen LogP contribution in [0.1, 0.15) is 19.4 Å². The molecule has 0 amide bonds. The van der Waals surface area contributed by atoms with Crippen molar-refractivity contribution in [2.45, 2.75) is 30.5 Å². The van der Waals surface area contributed by atoms with Crippen molar-refractivity contribution in [3.63, 3.8) is 0 Å². The monoisotopic (exact) mass is 370 g/mol. The Kier molecular flexibility index (Phi) is 6.54. The smallest absolute Gasteiger partial charge is 0.238 e. The molecule has 1 atom stereocenters. The summed E-state index contributed by atoms with van der Waals surface area (Å²) in [6.45, 7) is 7.08. The largest absolute Gasteiger partial charge is 0.352 e. The molecule has 0 bridgehead atoms. The first-order chi connectivity index (χ1) is 11.3. The fourth-order valence-corrected chi connectivity index (χ4v) is 4.40. The van der Waals surface area contributed by atoms with Gasteiger partial charge in [0.25, 0.3) is 0 Å². The van der Waals surface area contributed by atoms with Gasteiger partial charge in [-0.1, -0.05) is 26.0 Å². The Balaban J connectivity index is 1.96. The third-order valence-corrected chi connectivity index (χ3v) is 6.52. The Labute approximate surface area is 149 Å². The first-order valence-electron chi connectivity index (χ1n) is 8.00. The summed E-state index contributed by atoms with van der Waals surface area (Å²) in [6, 6.07) is 6.59. The number of rotatable bonds is 4. The molecule has 3 N–H and O–H groups in total. The minimum Gasteiger partial charge on any atom is -0.352 e. The van der Waals surface area contributed by atoms with Crippen LogP contribution in [0.4, 0.5) is 0 Å². The van der Waals surface area contributed by atoms with Crippen LogP contribution in [-0.4, -0.2) is 50.4 Å². The molecule has 1 aliphatic rings. The lowest BCUT2D eigenvalue weighted by atomic mass is 10.1. The molecule has 1 unspecified atom stereocenters. The van der Waals surface area contributed by atoms with Crippen LogP contribution in [0.25, 0.3) is 0 Å². The predicted octanol–water partition coefficient (Wildman–Crippen LogP) is 1.48. The van der Waals surface area contributed by atoms with Gasteiger partial charge in [-0.05, 0) is 23.6 Å². The topological polar surface area (TPSA) is 87.8 Å². The molecule has 1 aromatic carbocycles. The lowest BCUT2D eigenvalue weighted by Crippen LogP contribution is -2.48. The third kappa shape index (κ3) is 5.12. The zero-order valence-electron chi connectivity index (χ0n) is 14.4. The van der Waals surface area contributed by atoms with Gasteiger partial charge in [-0.15, -0.1) is 0 Å². The van der Waals surface area contributed by atoms with Crippen molar-refractivity contribution in [2.24, 2.45) is 16.0 Å². The van der Waals surface area contributed by atoms with E-state index in [0.29, 0.717) is 17.7 Å². The van der Waals surface area contributed by atoms with E-state index in [-0.39, 0.29) is 4.90 Å². The molecule has 0 aliphatic carbocycles. The first-order valence-corrected chi connectivity index (χ1v) is 10.6. The summed E-state index contributed by atoms with van der Waals surface area (Å²) < 4.78 is 22.6. The summed E-state index contributed by atoms with van der Waals surface area (Å²) in [5.41, 5.74) is 0.982. The van der Waals surface area contributed by atoms with E-state index >= 15 is 0 Å². The Morgan fingerprint density at radius 1 is 1.42 bits per heavy atom. The molecule has 134 valence electrons. The quantitative estimate of drug-likeness (QED) is 0.619. The number of guanidine groups is 1. The van der Waals surface area contributed by atoms with Crippen LogP contribution in [-0.2, 0) is 16.6 Å². The van der Waals surface area contributed by atoms with Gasteiger partial charge in [0.05, 0.1) is 4.90 Å². The zero-order chi connectivity index (χ0) is 17.7. The number of thioether (sulfide) groups is 1. The second-order valence-electron chi connectivity index (χ2n) is 6.19. The Morgan fingerprint density at radius 2 is 2.08 bits per heavy atom. The van der Waals surface area contributed by atoms with E-state index in [9.17, 15) is 8.42 Å². The number of hydrogen-bond acceptors (Lipinski definition) is 4. The first kappa shape index (κ1) is 19.1. The SMILES string of the molecule is CN=C(NCc1ccc(S(N)(=O)=O)cc1)N1CCSC(C(C)C)C1. The van der Waals surface area contributed by atoms with Crippen LogP contribution in [0.15, 0.2) is 34.2 Å². The van der Waals surface area contributed by atoms with Gasteiger partial charge in [-0.3, -0.25) is 4.99 Å². The Hall–Kier alpha value is -1.25. The van der Waals surface area contributed by atoms with Crippen molar-refractivity contribution < 1.29 is 8.42 Å². The van der Waals surface area contributed by atoms with E-state index < -0.39 is 10.0 Å². The number of nitrogens with one attached hydrogen (secondary N) is 1. The zero-order valence-corrected chi connectivity index (χ0v) is 16.0. The van der Waals surface area contributed by atoms with Crippen LogP contribution >= 0.6 is 11.8 Å². The Morgan fingerprint density at radius 3 is 2.62 bits per heavy atom. The summed E-state index contributed by atoms with van der Waals surface area (Å²) in [6.07, 6.45) is 0. The average Bonchev–Trinajstić information content (AvgIpc) is 2.55. The van der Waals surface area contributed by atoms with Gasteiger partial charge in [0, 0.05) is 37.7 Å². The molecule has 24 heavy (non-hydrogen) atoms. The summed E-state index contributed by atoms with van der Waals surface area (Å²) >= 11 is 2.03. The van der Waals surface area contributed by atoms with Gasteiger partial charge < -0.3 is 10.2 Å². The van der Waals surface area contributed by atoms with Gasteiger partial charge in [0.1, 0.15) is 0 Å². The summed E-state index contributed by atoms with van der Waals surface area (Å²) in [5, 5.41) is 9.09. The molecule has 1 saturated heterocycles. The second kappa shape index (κ2) is 8.22. The Bertz CT molecular complexity index is 672. The highest BCUT2D eigenvalue weighted by molar-refractivity contribution is 8.00. The molecule has 2 rings (SSSR count). The number of nitrogens with zero attached hydrogens (tertiary/aromatic N) is 2. The maximum Gasteiger partial charge on any atom is 0.238 e. The molecule has 1 fully saturated rings. The van der Waals surface area contributed by atoms with Gasteiger partial charge in [-0.25, -0.2) is 13.6 Å². The van der Waals surface area contributed by atoms with Crippen molar-refractivity contribution in [3.8, 4) is 0 Å². The van der Waals surface area contributed by atoms with Crippen molar-refractivity contribution in [3.05, 3.63) is 29.8 Å². The molecule has 0 spiro atoms. The summed E-state index contributed by atoms with van der Waals surface area (Å²) in [7, 11) is -1.85. The molecule has 1 heterocycles. The highest BCUT2D eigenvalue weighted by Crippen LogP contribution is 2.24. The number of aliphatic imine (C=N–C) groups is 1. The van der Waals surface area contributed by atoms with Gasteiger partial charge in [0.2, 0.25) is 10.0 Å². The van der Waals surface area contributed by atoms with Gasteiger partial charge >= 0.3 is 0 Å². The minimum absolute atomic E-state index is 0.128.